The van der Waals surface area contributed by atoms with Crippen LogP contribution in [0.15, 0.2) is 22.7 Å². The number of halogens is 2. The molecule has 3 heteroatoms. The van der Waals surface area contributed by atoms with Crippen molar-refractivity contribution < 1.29 is 4.39 Å². The van der Waals surface area contributed by atoms with Crippen LogP contribution in [-0.4, -0.2) is 6.54 Å². The SMILES string of the molecule is Fc1cc(Br)ccc1CNCCC1CCCCC1. The Balaban J connectivity index is 1.68. The average Bonchev–Trinajstić information content (AvgIpc) is 2.38. The summed E-state index contributed by atoms with van der Waals surface area (Å²) in [6.07, 6.45) is 8.20. The molecule has 1 saturated carbocycles. The molecule has 1 fully saturated rings. The molecule has 18 heavy (non-hydrogen) atoms. The molecule has 100 valence electrons. The molecule has 1 aliphatic rings. The van der Waals surface area contributed by atoms with Gasteiger partial charge >= 0.3 is 0 Å². The summed E-state index contributed by atoms with van der Waals surface area (Å²) in [6.45, 7) is 1.63. The van der Waals surface area contributed by atoms with Crippen LogP contribution in [0, 0.1) is 11.7 Å². The van der Waals surface area contributed by atoms with Gasteiger partial charge in [-0.3, -0.25) is 0 Å². The third kappa shape index (κ3) is 4.36. The molecule has 2 rings (SSSR count). The molecule has 0 atom stereocenters. The zero-order valence-electron chi connectivity index (χ0n) is 10.7. The summed E-state index contributed by atoms with van der Waals surface area (Å²) in [5.41, 5.74) is 0.752. The highest BCUT2D eigenvalue weighted by molar-refractivity contribution is 9.10. The summed E-state index contributed by atoms with van der Waals surface area (Å²) in [5, 5.41) is 3.35. The number of hydrogen-bond acceptors (Lipinski definition) is 1. The minimum Gasteiger partial charge on any atom is -0.313 e. The van der Waals surface area contributed by atoms with Crippen LogP contribution in [0.4, 0.5) is 4.39 Å². The summed E-state index contributed by atoms with van der Waals surface area (Å²) in [5.74, 6) is 0.760. The van der Waals surface area contributed by atoms with E-state index in [9.17, 15) is 4.39 Å². The fourth-order valence-electron chi connectivity index (χ4n) is 2.67. The quantitative estimate of drug-likeness (QED) is 0.780. The highest BCUT2D eigenvalue weighted by atomic mass is 79.9. The fourth-order valence-corrected chi connectivity index (χ4v) is 3.00. The molecule has 0 bridgehead atoms. The first-order valence-electron chi connectivity index (χ1n) is 6.90. The molecule has 1 N–H and O–H groups in total. The smallest absolute Gasteiger partial charge is 0.128 e. The van der Waals surface area contributed by atoms with E-state index in [2.05, 4.69) is 21.2 Å². The maximum Gasteiger partial charge on any atom is 0.128 e. The van der Waals surface area contributed by atoms with Gasteiger partial charge in [0.2, 0.25) is 0 Å². The standard InChI is InChI=1S/C15H21BrFN/c16-14-7-6-13(15(17)10-14)11-18-9-8-12-4-2-1-3-5-12/h6-7,10,12,18H,1-5,8-9,11H2. The molecule has 0 radical (unpaired) electrons. The molecule has 0 amide bonds. The van der Waals surface area contributed by atoms with Gasteiger partial charge in [-0.1, -0.05) is 54.1 Å². The third-order valence-corrected chi connectivity index (χ3v) is 4.28. The van der Waals surface area contributed by atoms with Crippen LogP contribution in [0.25, 0.3) is 0 Å². The second-order valence-electron chi connectivity index (χ2n) is 5.21. The van der Waals surface area contributed by atoms with E-state index in [1.165, 1.54) is 44.6 Å². The molecular formula is C15H21BrFN. The average molecular weight is 314 g/mol. The summed E-state index contributed by atoms with van der Waals surface area (Å²) in [7, 11) is 0. The van der Waals surface area contributed by atoms with Crippen LogP contribution in [0.2, 0.25) is 0 Å². The number of benzene rings is 1. The van der Waals surface area contributed by atoms with Crippen molar-refractivity contribution in [1.29, 1.82) is 0 Å². The zero-order chi connectivity index (χ0) is 12.8. The summed E-state index contributed by atoms with van der Waals surface area (Å²) >= 11 is 3.27. The Kier molecular flexibility index (Phi) is 5.64. The maximum atomic E-state index is 13.6. The Morgan fingerprint density at radius 2 is 2.00 bits per heavy atom. The first-order valence-corrected chi connectivity index (χ1v) is 7.69. The van der Waals surface area contributed by atoms with E-state index < -0.39 is 0 Å². The lowest BCUT2D eigenvalue weighted by Crippen LogP contribution is -2.19. The van der Waals surface area contributed by atoms with Crippen LogP contribution in [0.3, 0.4) is 0 Å². The first kappa shape index (κ1) is 14.0. The molecule has 1 nitrogen and oxygen atoms in total. The first-order chi connectivity index (χ1) is 8.75. The summed E-state index contributed by atoms with van der Waals surface area (Å²) in [6, 6.07) is 5.26. The Bertz CT molecular complexity index is 375. The van der Waals surface area contributed by atoms with Gasteiger partial charge in [0.15, 0.2) is 0 Å². The van der Waals surface area contributed by atoms with Crippen molar-refractivity contribution in [2.24, 2.45) is 5.92 Å². The Morgan fingerprint density at radius 1 is 1.22 bits per heavy atom. The molecule has 0 aliphatic heterocycles. The molecule has 1 aromatic carbocycles. The van der Waals surface area contributed by atoms with Crippen LogP contribution in [-0.2, 0) is 6.54 Å². The topological polar surface area (TPSA) is 12.0 Å². The van der Waals surface area contributed by atoms with E-state index >= 15 is 0 Å². The van der Waals surface area contributed by atoms with E-state index in [1.54, 1.807) is 0 Å². The highest BCUT2D eigenvalue weighted by Gasteiger charge is 2.12. The molecular weight excluding hydrogens is 293 g/mol. The lowest BCUT2D eigenvalue weighted by atomic mass is 9.87. The molecule has 0 spiro atoms. The van der Waals surface area contributed by atoms with Gasteiger partial charge in [0.1, 0.15) is 5.82 Å². The van der Waals surface area contributed by atoms with Crippen molar-refractivity contribution in [2.45, 2.75) is 45.1 Å². The van der Waals surface area contributed by atoms with Gasteiger partial charge in [0.05, 0.1) is 0 Å². The minimum absolute atomic E-state index is 0.130. The van der Waals surface area contributed by atoms with Crippen LogP contribution < -0.4 is 5.32 Å². The van der Waals surface area contributed by atoms with Gasteiger partial charge in [0, 0.05) is 16.6 Å². The van der Waals surface area contributed by atoms with E-state index in [0.717, 1.165) is 22.5 Å². The molecule has 0 saturated heterocycles. The van der Waals surface area contributed by atoms with E-state index in [4.69, 9.17) is 0 Å². The van der Waals surface area contributed by atoms with Crippen molar-refractivity contribution in [3.05, 3.63) is 34.1 Å². The lowest BCUT2D eigenvalue weighted by molar-refractivity contribution is 0.333. The Hall–Kier alpha value is -0.410. The van der Waals surface area contributed by atoms with Crippen molar-refractivity contribution >= 4 is 15.9 Å². The second kappa shape index (κ2) is 7.25. The highest BCUT2D eigenvalue weighted by Crippen LogP contribution is 2.25. The second-order valence-corrected chi connectivity index (χ2v) is 6.12. The van der Waals surface area contributed by atoms with Crippen molar-refractivity contribution in [3.8, 4) is 0 Å². The van der Waals surface area contributed by atoms with Gasteiger partial charge in [-0.25, -0.2) is 4.39 Å². The van der Waals surface area contributed by atoms with Crippen molar-refractivity contribution in [3.63, 3.8) is 0 Å². The van der Waals surface area contributed by atoms with Gasteiger partial charge < -0.3 is 5.32 Å². The van der Waals surface area contributed by atoms with Gasteiger partial charge in [-0.2, -0.15) is 0 Å². The van der Waals surface area contributed by atoms with Gasteiger partial charge in [-0.05, 0) is 31.0 Å². The number of nitrogens with one attached hydrogen (secondary N) is 1. The molecule has 0 heterocycles. The molecule has 0 aromatic heterocycles. The van der Waals surface area contributed by atoms with Crippen LogP contribution in [0.5, 0.6) is 0 Å². The van der Waals surface area contributed by atoms with E-state index in [-0.39, 0.29) is 5.82 Å². The van der Waals surface area contributed by atoms with Crippen LogP contribution in [0.1, 0.15) is 44.1 Å². The van der Waals surface area contributed by atoms with Crippen LogP contribution >= 0.6 is 15.9 Å². The lowest BCUT2D eigenvalue weighted by Gasteiger charge is -2.21. The van der Waals surface area contributed by atoms with Gasteiger partial charge in [0.25, 0.3) is 0 Å². The van der Waals surface area contributed by atoms with Gasteiger partial charge in [-0.15, -0.1) is 0 Å². The molecule has 0 unspecified atom stereocenters. The summed E-state index contributed by atoms with van der Waals surface area (Å²) in [4.78, 5) is 0. The monoisotopic (exact) mass is 313 g/mol. The fraction of sp³-hybridized carbons (Fsp3) is 0.600. The summed E-state index contributed by atoms with van der Waals surface area (Å²) < 4.78 is 14.4. The molecule has 1 aromatic rings. The van der Waals surface area contributed by atoms with Crippen molar-refractivity contribution in [1.82, 2.24) is 5.32 Å². The largest absolute Gasteiger partial charge is 0.313 e. The third-order valence-electron chi connectivity index (χ3n) is 3.78. The number of rotatable bonds is 5. The van der Waals surface area contributed by atoms with E-state index in [1.807, 2.05) is 12.1 Å². The predicted molar refractivity (Wildman–Crippen MR) is 77.0 cm³/mol. The Labute approximate surface area is 117 Å². The Morgan fingerprint density at radius 3 is 2.72 bits per heavy atom. The van der Waals surface area contributed by atoms with Crippen molar-refractivity contribution in [2.75, 3.05) is 6.54 Å². The zero-order valence-corrected chi connectivity index (χ0v) is 12.3. The maximum absolute atomic E-state index is 13.6. The normalized spacial score (nSPS) is 17.0. The number of hydrogen-bond donors (Lipinski definition) is 1. The molecule has 1 aliphatic carbocycles. The van der Waals surface area contributed by atoms with E-state index in [0.29, 0.717) is 6.54 Å². The minimum atomic E-state index is -0.130. The predicted octanol–water partition coefficient (Wildman–Crippen LogP) is 4.65.